The number of aromatic nitrogens is 1. The van der Waals surface area contributed by atoms with E-state index >= 15 is 0 Å². The number of anilines is 2. The van der Waals surface area contributed by atoms with E-state index in [1.165, 1.54) is 5.56 Å². The van der Waals surface area contributed by atoms with E-state index in [0.29, 0.717) is 11.5 Å². The average Bonchev–Trinajstić information content (AvgIpc) is 2.63. The molecule has 0 bridgehead atoms. The minimum Gasteiger partial charge on any atom is -0.354 e. The van der Waals surface area contributed by atoms with E-state index in [1.54, 1.807) is 12.4 Å². The maximum atomic E-state index is 12.7. The molecule has 0 spiro atoms. The molecule has 1 amide bonds. The summed E-state index contributed by atoms with van der Waals surface area (Å²) in [6, 6.07) is 10.2. The fourth-order valence-electron chi connectivity index (χ4n) is 3.01. The molecule has 3 rings (SSSR count). The van der Waals surface area contributed by atoms with Gasteiger partial charge < -0.3 is 10.2 Å². The molecule has 1 aromatic heterocycles. The van der Waals surface area contributed by atoms with Gasteiger partial charge in [0.1, 0.15) is 0 Å². The Morgan fingerprint density at radius 2 is 1.88 bits per heavy atom. The van der Waals surface area contributed by atoms with E-state index in [4.69, 9.17) is 0 Å². The molecule has 0 unspecified atom stereocenters. The second-order valence-electron chi connectivity index (χ2n) is 6.61. The fraction of sp³-hybridized carbons (Fsp3) is 0.400. The number of carbonyl (C=O) groups is 1. The Kier molecular flexibility index (Phi) is 5.14. The van der Waals surface area contributed by atoms with Crippen LogP contribution in [0.1, 0.15) is 42.6 Å². The predicted octanol–water partition coefficient (Wildman–Crippen LogP) is 4.26. The van der Waals surface area contributed by atoms with E-state index < -0.39 is 0 Å². The summed E-state index contributed by atoms with van der Waals surface area (Å²) >= 11 is 0. The van der Waals surface area contributed by atoms with Crippen molar-refractivity contribution >= 4 is 17.3 Å². The molecular weight excluding hydrogens is 298 g/mol. The number of piperidine rings is 1. The first-order valence-electron chi connectivity index (χ1n) is 8.76. The molecule has 4 nitrogen and oxygen atoms in total. The van der Waals surface area contributed by atoms with E-state index in [1.807, 2.05) is 11.0 Å². The van der Waals surface area contributed by atoms with E-state index in [9.17, 15) is 4.79 Å². The van der Waals surface area contributed by atoms with Gasteiger partial charge in [0, 0.05) is 25.0 Å². The number of nitrogens with one attached hydrogen (secondary N) is 1. The van der Waals surface area contributed by atoms with Gasteiger partial charge in [-0.25, -0.2) is 0 Å². The molecule has 1 aliphatic heterocycles. The third-order valence-electron chi connectivity index (χ3n) is 4.71. The molecule has 2 aromatic rings. The van der Waals surface area contributed by atoms with Crippen LogP contribution >= 0.6 is 0 Å². The van der Waals surface area contributed by atoms with Crippen molar-refractivity contribution in [2.24, 2.45) is 5.92 Å². The standard InChI is InChI=1S/C20H25N3O/c1-3-16-4-6-18(7-5-16)22-19-12-17(13-21-14-19)20(24)23-10-8-15(2)9-11-23/h4-7,12-15,22H,3,8-11H2,1-2H3. The molecule has 126 valence electrons. The molecule has 0 atom stereocenters. The highest BCUT2D eigenvalue weighted by Gasteiger charge is 2.21. The number of rotatable bonds is 4. The molecule has 1 aromatic carbocycles. The number of aryl methyl sites for hydroxylation is 1. The van der Waals surface area contributed by atoms with Gasteiger partial charge in [0.25, 0.3) is 5.91 Å². The lowest BCUT2D eigenvalue weighted by Crippen LogP contribution is -2.37. The number of hydrogen-bond donors (Lipinski definition) is 1. The lowest BCUT2D eigenvalue weighted by atomic mass is 9.99. The highest BCUT2D eigenvalue weighted by Crippen LogP contribution is 2.21. The lowest BCUT2D eigenvalue weighted by molar-refractivity contribution is 0.0697. The van der Waals surface area contributed by atoms with E-state index in [2.05, 4.69) is 48.4 Å². The number of carbonyl (C=O) groups excluding carboxylic acids is 1. The topological polar surface area (TPSA) is 45.2 Å². The number of amides is 1. The molecule has 1 fully saturated rings. The minimum atomic E-state index is 0.0828. The Labute approximate surface area is 143 Å². The molecule has 1 aliphatic rings. The first-order valence-corrected chi connectivity index (χ1v) is 8.76. The van der Waals surface area contributed by atoms with Crippen LogP contribution in [0.3, 0.4) is 0 Å². The van der Waals surface area contributed by atoms with Crippen LogP contribution in [0, 0.1) is 5.92 Å². The number of likely N-dealkylation sites (tertiary alicyclic amines) is 1. The van der Waals surface area contributed by atoms with Gasteiger partial charge in [-0.1, -0.05) is 26.0 Å². The van der Waals surface area contributed by atoms with Crippen LogP contribution < -0.4 is 5.32 Å². The zero-order valence-electron chi connectivity index (χ0n) is 14.5. The average molecular weight is 323 g/mol. The van der Waals surface area contributed by atoms with Gasteiger partial charge in [0.15, 0.2) is 0 Å². The molecule has 2 heterocycles. The van der Waals surface area contributed by atoms with Gasteiger partial charge in [0.2, 0.25) is 0 Å². The quantitative estimate of drug-likeness (QED) is 0.914. The third kappa shape index (κ3) is 3.94. The zero-order chi connectivity index (χ0) is 16.9. The van der Waals surface area contributed by atoms with Gasteiger partial charge in [-0.3, -0.25) is 9.78 Å². The van der Waals surface area contributed by atoms with Crippen LogP contribution in [0.25, 0.3) is 0 Å². The second-order valence-corrected chi connectivity index (χ2v) is 6.61. The number of benzene rings is 1. The summed E-state index contributed by atoms with van der Waals surface area (Å²) in [5.41, 5.74) is 3.81. The van der Waals surface area contributed by atoms with Gasteiger partial charge in [-0.15, -0.1) is 0 Å². The predicted molar refractivity (Wildman–Crippen MR) is 97.6 cm³/mol. The number of nitrogens with zero attached hydrogens (tertiary/aromatic N) is 2. The highest BCUT2D eigenvalue weighted by molar-refractivity contribution is 5.95. The van der Waals surface area contributed by atoms with Crippen molar-refractivity contribution in [2.75, 3.05) is 18.4 Å². The van der Waals surface area contributed by atoms with Gasteiger partial charge in [0.05, 0.1) is 17.4 Å². The first kappa shape index (κ1) is 16.5. The maximum Gasteiger partial charge on any atom is 0.255 e. The van der Waals surface area contributed by atoms with Crippen molar-refractivity contribution in [2.45, 2.75) is 33.1 Å². The normalized spacial score (nSPS) is 15.3. The Hall–Kier alpha value is -2.36. The largest absolute Gasteiger partial charge is 0.354 e. The van der Waals surface area contributed by atoms with Crippen LogP contribution in [-0.4, -0.2) is 28.9 Å². The number of pyridine rings is 1. The van der Waals surface area contributed by atoms with E-state index in [-0.39, 0.29) is 5.91 Å². The molecule has 0 radical (unpaired) electrons. The lowest BCUT2D eigenvalue weighted by Gasteiger charge is -2.30. The van der Waals surface area contributed by atoms with Crippen molar-refractivity contribution in [3.63, 3.8) is 0 Å². The van der Waals surface area contributed by atoms with Crippen molar-refractivity contribution in [1.82, 2.24) is 9.88 Å². The molecule has 24 heavy (non-hydrogen) atoms. The monoisotopic (exact) mass is 323 g/mol. The fourth-order valence-corrected chi connectivity index (χ4v) is 3.01. The summed E-state index contributed by atoms with van der Waals surface area (Å²) < 4.78 is 0. The molecule has 0 aliphatic carbocycles. The Bertz CT molecular complexity index is 688. The maximum absolute atomic E-state index is 12.7. The van der Waals surface area contributed by atoms with Crippen LogP contribution in [0.4, 0.5) is 11.4 Å². The van der Waals surface area contributed by atoms with Crippen molar-refractivity contribution in [3.05, 3.63) is 53.9 Å². The van der Waals surface area contributed by atoms with Gasteiger partial charge >= 0.3 is 0 Å². The summed E-state index contributed by atoms with van der Waals surface area (Å²) in [6.07, 6.45) is 6.61. The summed E-state index contributed by atoms with van der Waals surface area (Å²) in [5, 5.41) is 3.33. The molecule has 4 heteroatoms. The summed E-state index contributed by atoms with van der Waals surface area (Å²) in [4.78, 5) is 18.8. The smallest absolute Gasteiger partial charge is 0.255 e. The Balaban J connectivity index is 1.70. The number of hydrogen-bond acceptors (Lipinski definition) is 3. The van der Waals surface area contributed by atoms with Crippen molar-refractivity contribution in [1.29, 1.82) is 0 Å². The van der Waals surface area contributed by atoms with Crippen LogP contribution in [0.5, 0.6) is 0 Å². The summed E-state index contributed by atoms with van der Waals surface area (Å²) in [5.74, 6) is 0.797. The molecule has 1 N–H and O–H groups in total. The van der Waals surface area contributed by atoms with E-state index in [0.717, 1.165) is 43.7 Å². The summed E-state index contributed by atoms with van der Waals surface area (Å²) in [6.45, 7) is 6.08. The third-order valence-corrected chi connectivity index (χ3v) is 4.71. The Morgan fingerprint density at radius 3 is 2.54 bits per heavy atom. The molecular formula is C20H25N3O. The highest BCUT2D eigenvalue weighted by atomic mass is 16.2. The van der Waals surface area contributed by atoms with Gasteiger partial charge in [-0.2, -0.15) is 0 Å². The summed E-state index contributed by atoms with van der Waals surface area (Å²) in [7, 11) is 0. The van der Waals surface area contributed by atoms with Crippen molar-refractivity contribution < 1.29 is 4.79 Å². The SMILES string of the molecule is CCc1ccc(Nc2cncc(C(=O)N3CCC(C)CC3)c2)cc1. The molecule has 1 saturated heterocycles. The van der Waals surface area contributed by atoms with Crippen LogP contribution in [0.15, 0.2) is 42.7 Å². The van der Waals surface area contributed by atoms with Gasteiger partial charge in [-0.05, 0) is 48.9 Å². The Morgan fingerprint density at radius 1 is 1.17 bits per heavy atom. The minimum absolute atomic E-state index is 0.0828. The second kappa shape index (κ2) is 7.47. The van der Waals surface area contributed by atoms with Crippen molar-refractivity contribution in [3.8, 4) is 0 Å². The van der Waals surface area contributed by atoms with Crippen LogP contribution in [0.2, 0.25) is 0 Å². The first-order chi connectivity index (χ1) is 11.7. The molecule has 0 saturated carbocycles. The zero-order valence-corrected chi connectivity index (χ0v) is 14.5. The van der Waals surface area contributed by atoms with Crippen LogP contribution in [-0.2, 0) is 6.42 Å².